The Balaban J connectivity index is 1.83. The summed E-state index contributed by atoms with van der Waals surface area (Å²) in [5.41, 5.74) is 3.14. The molecule has 8 nitrogen and oxygen atoms in total. The molecule has 2 aromatic rings. The number of carboxylic acid groups (broad SMARTS) is 1. The molecule has 132 valence electrons. The van der Waals surface area contributed by atoms with E-state index in [4.69, 9.17) is 0 Å². The molecule has 0 bridgehead atoms. The van der Waals surface area contributed by atoms with Crippen molar-refractivity contribution in [2.24, 2.45) is 11.8 Å². The molecule has 0 saturated carbocycles. The van der Waals surface area contributed by atoms with Gasteiger partial charge >= 0.3 is 5.97 Å². The molecule has 1 aliphatic rings. The number of aromatic nitrogens is 5. The van der Waals surface area contributed by atoms with Crippen molar-refractivity contribution in [3.8, 4) is 0 Å². The molecule has 3 N–H and O–H groups in total. The molecule has 8 heteroatoms. The SMILES string of the molecule is CC(C)C(C(=O)O)[C@H](Cc1ccc(C2=CCNC2)cn1)c1nn[nH]n1. The van der Waals surface area contributed by atoms with Crippen LogP contribution in [-0.2, 0) is 11.2 Å². The monoisotopic (exact) mass is 342 g/mol. The summed E-state index contributed by atoms with van der Waals surface area (Å²) < 4.78 is 0. The minimum absolute atomic E-state index is 0.0602. The summed E-state index contributed by atoms with van der Waals surface area (Å²) in [4.78, 5) is 16.3. The molecule has 0 spiro atoms. The quantitative estimate of drug-likeness (QED) is 0.693. The van der Waals surface area contributed by atoms with Crippen LogP contribution in [0.4, 0.5) is 0 Å². The third-order valence-corrected chi connectivity index (χ3v) is 4.56. The zero-order chi connectivity index (χ0) is 17.8. The molecule has 0 fully saturated rings. The molecule has 2 atom stereocenters. The Bertz CT molecular complexity index is 739. The summed E-state index contributed by atoms with van der Waals surface area (Å²) in [6.07, 6.45) is 4.44. The van der Waals surface area contributed by atoms with Gasteiger partial charge in [-0.1, -0.05) is 31.2 Å². The number of H-pyrrole nitrogens is 1. The summed E-state index contributed by atoms with van der Waals surface area (Å²) in [7, 11) is 0. The van der Waals surface area contributed by atoms with Gasteiger partial charge in [0.25, 0.3) is 0 Å². The number of pyridine rings is 1. The Labute approximate surface area is 145 Å². The number of hydrogen-bond acceptors (Lipinski definition) is 6. The summed E-state index contributed by atoms with van der Waals surface area (Å²) >= 11 is 0. The maximum Gasteiger partial charge on any atom is 0.307 e. The highest BCUT2D eigenvalue weighted by molar-refractivity contribution is 5.71. The molecule has 2 aromatic heterocycles. The van der Waals surface area contributed by atoms with Gasteiger partial charge in [0.2, 0.25) is 0 Å². The number of carboxylic acids is 1. The zero-order valence-electron chi connectivity index (χ0n) is 14.3. The molecule has 3 heterocycles. The van der Waals surface area contributed by atoms with Gasteiger partial charge in [-0.25, -0.2) is 0 Å². The Kier molecular flexibility index (Phi) is 5.18. The number of aromatic amines is 1. The van der Waals surface area contributed by atoms with Crippen LogP contribution in [0.15, 0.2) is 24.4 Å². The lowest BCUT2D eigenvalue weighted by atomic mass is 9.80. The lowest BCUT2D eigenvalue weighted by Crippen LogP contribution is -2.29. The number of tetrazole rings is 1. The molecule has 1 unspecified atom stereocenters. The van der Waals surface area contributed by atoms with Crippen LogP contribution < -0.4 is 5.32 Å². The van der Waals surface area contributed by atoms with E-state index in [0.29, 0.717) is 12.2 Å². The predicted octanol–water partition coefficient (Wildman–Crippen LogP) is 1.26. The molecular weight excluding hydrogens is 320 g/mol. The van der Waals surface area contributed by atoms with E-state index in [9.17, 15) is 9.90 Å². The molecule has 0 amide bonds. The third kappa shape index (κ3) is 3.90. The van der Waals surface area contributed by atoms with Crippen molar-refractivity contribution >= 4 is 11.5 Å². The van der Waals surface area contributed by atoms with Crippen LogP contribution in [0.1, 0.15) is 36.8 Å². The van der Waals surface area contributed by atoms with E-state index >= 15 is 0 Å². The fourth-order valence-electron chi connectivity index (χ4n) is 3.28. The van der Waals surface area contributed by atoms with Crippen molar-refractivity contribution < 1.29 is 9.90 Å². The van der Waals surface area contributed by atoms with Gasteiger partial charge < -0.3 is 10.4 Å². The molecule has 3 rings (SSSR count). The van der Waals surface area contributed by atoms with Crippen molar-refractivity contribution in [2.75, 3.05) is 13.1 Å². The predicted molar refractivity (Wildman–Crippen MR) is 91.7 cm³/mol. The maximum absolute atomic E-state index is 11.8. The average Bonchev–Trinajstić information content (AvgIpc) is 3.28. The first-order chi connectivity index (χ1) is 12.1. The van der Waals surface area contributed by atoms with Crippen molar-refractivity contribution in [1.82, 2.24) is 30.9 Å². The van der Waals surface area contributed by atoms with E-state index in [1.54, 1.807) is 0 Å². The highest BCUT2D eigenvalue weighted by atomic mass is 16.4. The third-order valence-electron chi connectivity index (χ3n) is 4.56. The molecule has 1 aliphatic heterocycles. The molecule has 0 saturated heterocycles. The molecular formula is C17H22N6O2. The Morgan fingerprint density at radius 2 is 2.20 bits per heavy atom. The summed E-state index contributed by atoms with van der Waals surface area (Å²) in [6.45, 7) is 5.51. The van der Waals surface area contributed by atoms with Crippen molar-refractivity contribution in [3.63, 3.8) is 0 Å². The summed E-state index contributed by atoms with van der Waals surface area (Å²) in [5, 5.41) is 27.0. The molecule has 25 heavy (non-hydrogen) atoms. The number of nitrogens with one attached hydrogen (secondary N) is 2. The minimum Gasteiger partial charge on any atom is -0.481 e. The first-order valence-corrected chi connectivity index (χ1v) is 8.37. The van der Waals surface area contributed by atoms with Gasteiger partial charge in [-0.05, 0) is 23.1 Å². The molecule has 0 radical (unpaired) electrons. The first kappa shape index (κ1) is 17.2. The second-order valence-electron chi connectivity index (χ2n) is 6.59. The second kappa shape index (κ2) is 7.52. The van der Waals surface area contributed by atoms with Crippen molar-refractivity contribution in [3.05, 3.63) is 41.5 Å². The smallest absolute Gasteiger partial charge is 0.307 e. The topological polar surface area (TPSA) is 117 Å². The van der Waals surface area contributed by atoms with Gasteiger partial charge in [-0.3, -0.25) is 9.78 Å². The van der Waals surface area contributed by atoms with Crippen LogP contribution in [0, 0.1) is 11.8 Å². The zero-order valence-corrected chi connectivity index (χ0v) is 14.3. The van der Waals surface area contributed by atoms with Gasteiger partial charge in [0.1, 0.15) is 0 Å². The van der Waals surface area contributed by atoms with Crippen LogP contribution in [0.3, 0.4) is 0 Å². The van der Waals surface area contributed by atoms with Crippen LogP contribution in [0.5, 0.6) is 0 Å². The first-order valence-electron chi connectivity index (χ1n) is 8.37. The van der Waals surface area contributed by atoms with E-state index < -0.39 is 11.9 Å². The summed E-state index contributed by atoms with van der Waals surface area (Å²) in [5.74, 6) is -1.50. The fourth-order valence-corrected chi connectivity index (χ4v) is 3.28. The number of nitrogens with zero attached hydrogens (tertiary/aromatic N) is 4. The maximum atomic E-state index is 11.8. The van der Waals surface area contributed by atoms with Crippen molar-refractivity contribution in [1.29, 1.82) is 0 Å². The highest BCUT2D eigenvalue weighted by Gasteiger charge is 2.35. The van der Waals surface area contributed by atoms with Gasteiger partial charge in [0.15, 0.2) is 5.82 Å². The highest BCUT2D eigenvalue weighted by Crippen LogP contribution is 2.31. The fraction of sp³-hybridized carbons (Fsp3) is 0.471. The lowest BCUT2D eigenvalue weighted by Gasteiger charge is -2.24. The number of aliphatic carboxylic acids is 1. The van der Waals surface area contributed by atoms with E-state index in [2.05, 4.69) is 37.0 Å². The van der Waals surface area contributed by atoms with Crippen LogP contribution in [0.25, 0.3) is 5.57 Å². The largest absolute Gasteiger partial charge is 0.481 e. The standard InChI is InChI=1S/C17H22N6O2/c1-10(2)15(17(24)25)14(16-20-22-23-21-16)7-13-4-3-11(9-19-13)12-5-6-18-8-12/h3-5,9-10,14-15,18H,6-8H2,1-2H3,(H,24,25)(H,20,21,22,23)/t14-,15?/m0/s1. The number of rotatable bonds is 7. The Morgan fingerprint density at radius 1 is 1.36 bits per heavy atom. The van der Waals surface area contributed by atoms with Gasteiger partial charge in [0, 0.05) is 37.3 Å². The average molecular weight is 342 g/mol. The van der Waals surface area contributed by atoms with Gasteiger partial charge in [-0.15, -0.1) is 10.2 Å². The lowest BCUT2D eigenvalue weighted by molar-refractivity contribution is -0.144. The Hall–Kier alpha value is -2.61. The molecule has 0 aromatic carbocycles. The number of carbonyl (C=O) groups is 1. The van der Waals surface area contributed by atoms with Gasteiger partial charge in [0.05, 0.1) is 5.92 Å². The van der Waals surface area contributed by atoms with E-state index in [0.717, 1.165) is 24.3 Å². The van der Waals surface area contributed by atoms with Crippen molar-refractivity contribution in [2.45, 2.75) is 26.2 Å². The molecule has 0 aliphatic carbocycles. The normalized spacial score (nSPS) is 16.7. The van der Waals surface area contributed by atoms with E-state index in [-0.39, 0.29) is 11.8 Å². The second-order valence-corrected chi connectivity index (χ2v) is 6.59. The van der Waals surface area contributed by atoms with Crippen LogP contribution >= 0.6 is 0 Å². The van der Waals surface area contributed by atoms with Gasteiger partial charge in [-0.2, -0.15) is 5.21 Å². The van der Waals surface area contributed by atoms with Crippen LogP contribution in [0.2, 0.25) is 0 Å². The number of hydrogen-bond donors (Lipinski definition) is 3. The van der Waals surface area contributed by atoms with E-state index in [1.807, 2.05) is 32.2 Å². The minimum atomic E-state index is -0.858. The van der Waals surface area contributed by atoms with E-state index in [1.165, 1.54) is 5.57 Å². The van der Waals surface area contributed by atoms with Crippen LogP contribution in [-0.4, -0.2) is 49.8 Å². The summed E-state index contributed by atoms with van der Waals surface area (Å²) in [6, 6.07) is 3.97. The Morgan fingerprint density at radius 3 is 2.72 bits per heavy atom.